The summed E-state index contributed by atoms with van der Waals surface area (Å²) >= 11 is 1.21. The number of fused-ring (bicyclic) bond motifs is 2. The highest BCUT2D eigenvalue weighted by molar-refractivity contribution is 7.90. The van der Waals surface area contributed by atoms with Crippen molar-refractivity contribution >= 4 is 48.1 Å². The molecule has 0 bridgehead atoms. The summed E-state index contributed by atoms with van der Waals surface area (Å²) in [6.45, 7) is 0.194. The van der Waals surface area contributed by atoms with Crippen molar-refractivity contribution in [1.82, 2.24) is 4.57 Å². The predicted octanol–water partition coefficient (Wildman–Crippen LogP) is 3.64. The number of nitrogens with zero attached hydrogens (tertiary/aromatic N) is 2. The van der Waals surface area contributed by atoms with Gasteiger partial charge in [-0.3, -0.25) is 4.79 Å². The largest absolute Gasteiger partial charge is 0.496 e. The Labute approximate surface area is 183 Å². The van der Waals surface area contributed by atoms with Crippen LogP contribution in [0.25, 0.3) is 21.0 Å². The number of thiazole rings is 1. The molecule has 6 nitrogen and oxygen atoms in total. The van der Waals surface area contributed by atoms with Gasteiger partial charge in [-0.1, -0.05) is 41.5 Å². The SMILES string of the molecule is C#CCn1c(=NC(=O)c2cc3ccccc3cc2OC)sc2cc(S(C)(=O)=O)ccc21. The molecule has 0 spiro atoms. The van der Waals surface area contributed by atoms with Gasteiger partial charge < -0.3 is 9.30 Å². The van der Waals surface area contributed by atoms with Crippen molar-refractivity contribution in [2.24, 2.45) is 4.99 Å². The lowest BCUT2D eigenvalue weighted by molar-refractivity contribution is 0.0995. The third kappa shape index (κ3) is 3.98. The molecule has 0 aliphatic rings. The number of benzene rings is 3. The maximum atomic E-state index is 13.1. The summed E-state index contributed by atoms with van der Waals surface area (Å²) < 4.78 is 31.6. The lowest BCUT2D eigenvalue weighted by atomic mass is 10.1. The fourth-order valence-corrected chi connectivity index (χ4v) is 5.10. The Morgan fingerprint density at radius 3 is 2.52 bits per heavy atom. The second kappa shape index (κ2) is 8.02. The van der Waals surface area contributed by atoms with Gasteiger partial charge in [-0.05, 0) is 41.1 Å². The molecule has 31 heavy (non-hydrogen) atoms. The second-order valence-electron chi connectivity index (χ2n) is 6.89. The number of hydrogen-bond acceptors (Lipinski definition) is 5. The number of terminal acetylenes is 1. The molecule has 0 atom stereocenters. The minimum atomic E-state index is -3.36. The molecule has 0 aliphatic carbocycles. The van der Waals surface area contributed by atoms with Gasteiger partial charge in [0.1, 0.15) is 5.75 Å². The smallest absolute Gasteiger partial charge is 0.283 e. The van der Waals surface area contributed by atoms with Crippen LogP contribution in [-0.4, -0.2) is 32.3 Å². The van der Waals surface area contributed by atoms with Crippen molar-refractivity contribution in [3.63, 3.8) is 0 Å². The van der Waals surface area contributed by atoms with E-state index in [0.29, 0.717) is 26.3 Å². The first-order valence-electron chi connectivity index (χ1n) is 9.24. The summed E-state index contributed by atoms with van der Waals surface area (Å²) in [5.74, 6) is 2.52. The van der Waals surface area contributed by atoms with Gasteiger partial charge in [-0.25, -0.2) is 8.42 Å². The number of carbonyl (C=O) groups excluding carboxylic acids is 1. The first-order valence-corrected chi connectivity index (χ1v) is 12.0. The molecule has 4 rings (SSSR count). The molecular formula is C23H18N2O4S2. The van der Waals surface area contributed by atoms with Crippen LogP contribution in [0.3, 0.4) is 0 Å². The van der Waals surface area contributed by atoms with E-state index in [2.05, 4.69) is 10.9 Å². The highest BCUT2D eigenvalue weighted by atomic mass is 32.2. The molecule has 0 fully saturated rings. The van der Waals surface area contributed by atoms with Crippen LogP contribution in [0.2, 0.25) is 0 Å². The van der Waals surface area contributed by atoms with Gasteiger partial charge >= 0.3 is 0 Å². The molecule has 156 valence electrons. The van der Waals surface area contributed by atoms with Gasteiger partial charge in [0.25, 0.3) is 5.91 Å². The Morgan fingerprint density at radius 2 is 1.87 bits per heavy atom. The zero-order valence-electron chi connectivity index (χ0n) is 16.8. The lowest BCUT2D eigenvalue weighted by Gasteiger charge is -2.07. The number of amides is 1. The number of methoxy groups -OCH3 is 1. The number of sulfone groups is 1. The van der Waals surface area contributed by atoms with E-state index in [1.807, 2.05) is 24.3 Å². The third-order valence-corrected chi connectivity index (χ3v) is 6.98. The first kappa shape index (κ1) is 20.8. The zero-order chi connectivity index (χ0) is 22.2. The van der Waals surface area contributed by atoms with E-state index in [9.17, 15) is 13.2 Å². The molecule has 1 amide bonds. The third-order valence-electron chi connectivity index (χ3n) is 4.83. The molecular weight excluding hydrogens is 432 g/mol. The number of aromatic nitrogens is 1. The van der Waals surface area contributed by atoms with E-state index in [1.165, 1.54) is 24.5 Å². The Hall–Kier alpha value is -3.41. The topological polar surface area (TPSA) is 77.7 Å². The summed E-state index contributed by atoms with van der Waals surface area (Å²) in [6.07, 6.45) is 6.67. The van der Waals surface area contributed by atoms with E-state index in [4.69, 9.17) is 11.2 Å². The van der Waals surface area contributed by atoms with Crippen molar-refractivity contribution in [1.29, 1.82) is 0 Å². The lowest BCUT2D eigenvalue weighted by Crippen LogP contribution is -2.16. The van der Waals surface area contributed by atoms with Crippen LogP contribution in [0, 0.1) is 12.3 Å². The predicted molar refractivity (Wildman–Crippen MR) is 122 cm³/mol. The molecule has 0 unspecified atom stereocenters. The second-order valence-corrected chi connectivity index (χ2v) is 9.92. The Morgan fingerprint density at radius 1 is 1.16 bits per heavy atom. The van der Waals surface area contributed by atoms with Crippen molar-refractivity contribution in [3.8, 4) is 18.1 Å². The van der Waals surface area contributed by atoms with Crippen LogP contribution in [-0.2, 0) is 16.4 Å². The number of hydrogen-bond donors (Lipinski definition) is 0. The minimum Gasteiger partial charge on any atom is -0.496 e. The highest BCUT2D eigenvalue weighted by Crippen LogP contribution is 2.27. The quantitative estimate of drug-likeness (QED) is 0.445. The highest BCUT2D eigenvalue weighted by Gasteiger charge is 2.16. The zero-order valence-corrected chi connectivity index (χ0v) is 18.5. The minimum absolute atomic E-state index is 0.194. The summed E-state index contributed by atoms with van der Waals surface area (Å²) in [5.41, 5.74) is 1.05. The molecule has 1 aromatic heterocycles. The Balaban J connectivity index is 1.90. The van der Waals surface area contributed by atoms with E-state index in [0.717, 1.165) is 17.0 Å². The summed E-state index contributed by atoms with van der Waals surface area (Å²) in [7, 11) is -1.86. The molecule has 8 heteroatoms. The maximum absolute atomic E-state index is 13.1. The van der Waals surface area contributed by atoms with Crippen molar-refractivity contribution in [2.75, 3.05) is 13.4 Å². The molecule has 0 N–H and O–H groups in total. The van der Waals surface area contributed by atoms with Gasteiger partial charge in [0.2, 0.25) is 0 Å². The normalized spacial score (nSPS) is 12.2. The molecule has 0 aliphatic heterocycles. The van der Waals surface area contributed by atoms with Crippen LogP contribution in [0.4, 0.5) is 0 Å². The van der Waals surface area contributed by atoms with Crippen LogP contribution >= 0.6 is 11.3 Å². The van der Waals surface area contributed by atoms with Gasteiger partial charge in [0.15, 0.2) is 14.6 Å². The number of carbonyl (C=O) groups is 1. The standard InChI is InChI=1S/C23H18N2O4S2/c1-4-11-25-19-10-9-17(31(3,27)28)14-21(19)30-23(25)24-22(26)18-12-15-7-5-6-8-16(15)13-20(18)29-2/h1,5-10,12-14H,11H2,2-3H3. The summed E-state index contributed by atoms with van der Waals surface area (Å²) in [5, 5.41) is 1.85. The monoisotopic (exact) mass is 450 g/mol. The molecule has 4 aromatic rings. The van der Waals surface area contributed by atoms with Crippen LogP contribution in [0.15, 0.2) is 64.5 Å². The fourth-order valence-electron chi connectivity index (χ4n) is 3.32. The Kier molecular flexibility index (Phi) is 5.39. The van der Waals surface area contributed by atoms with E-state index in [1.54, 1.807) is 28.8 Å². The van der Waals surface area contributed by atoms with Gasteiger partial charge in [0, 0.05) is 6.26 Å². The molecule has 0 radical (unpaired) electrons. The fraction of sp³-hybridized carbons (Fsp3) is 0.130. The van der Waals surface area contributed by atoms with Crippen molar-refractivity contribution in [2.45, 2.75) is 11.4 Å². The van der Waals surface area contributed by atoms with E-state index < -0.39 is 15.7 Å². The van der Waals surface area contributed by atoms with Crippen molar-refractivity contribution < 1.29 is 17.9 Å². The van der Waals surface area contributed by atoms with Gasteiger partial charge in [0.05, 0.1) is 34.3 Å². The summed E-state index contributed by atoms with van der Waals surface area (Å²) in [4.78, 5) is 18.0. The van der Waals surface area contributed by atoms with Crippen molar-refractivity contribution in [3.05, 3.63) is 65.0 Å². The number of ether oxygens (including phenoxy) is 1. The molecule has 1 heterocycles. The number of rotatable bonds is 4. The van der Waals surface area contributed by atoms with Gasteiger partial charge in [-0.15, -0.1) is 6.42 Å². The molecule has 0 saturated carbocycles. The Bertz CT molecular complexity index is 1550. The molecule has 0 saturated heterocycles. The van der Waals surface area contributed by atoms with E-state index in [-0.39, 0.29) is 11.4 Å². The van der Waals surface area contributed by atoms with E-state index >= 15 is 0 Å². The van der Waals surface area contributed by atoms with Crippen LogP contribution < -0.4 is 9.54 Å². The summed E-state index contributed by atoms with van der Waals surface area (Å²) in [6, 6.07) is 16.0. The van der Waals surface area contributed by atoms with Crippen LogP contribution in [0.1, 0.15) is 10.4 Å². The molecule has 3 aromatic carbocycles. The first-order chi connectivity index (χ1) is 14.8. The average Bonchev–Trinajstić information content (AvgIpc) is 3.08. The average molecular weight is 451 g/mol. The maximum Gasteiger partial charge on any atom is 0.283 e. The van der Waals surface area contributed by atoms with Crippen LogP contribution in [0.5, 0.6) is 5.75 Å². The van der Waals surface area contributed by atoms with Gasteiger partial charge in [-0.2, -0.15) is 4.99 Å².